The van der Waals surface area contributed by atoms with Crippen molar-refractivity contribution in [2.45, 2.75) is 32.1 Å². The molecule has 22 heavy (non-hydrogen) atoms. The zero-order chi connectivity index (χ0) is 15.8. The molecule has 5 nitrogen and oxygen atoms in total. The number of benzene rings is 1. The predicted molar refractivity (Wildman–Crippen MR) is 92.6 cm³/mol. The van der Waals surface area contributed by atoms with Crippen LogP contribution in [0.4, 0.5) is 0 Å². The number of hydrazone groups is 1. The van der Waals surface area contributed by atoms with E-state index < -0.39 is 0 Å². The van der Waals surface area contributed by atoms with Crippen LogP contribution < -0.4 is 11.2 Å². The summed E-state index contributed by atoms with van der Waals surface area (Å²) in [5.74, 6) is 0.193. The smallest absolute Gasteiger partial charge is 0.222 e. The van der Waals surface area contributed by atoms with Crippen LogP contribution in [0.1, 0.15) is 37.7 Å². The van der Waals surface area contributed by atoms with Crippen molar-refractivity contribution in [3.63, 3.8) is 0 Å². The molecule has 0 bridgehead atoms. The van der Waals surface area contributed by atoms with Gasteiger partial charge < -0.3 is 10.6 Å². The van der Waals surface area contributed by atoms with Crippen LogP contribution in [0.25, 0.3) is 0 Å². The van der Waals surface area contributed by atoms with Crippen molar-refractivity contribution in [3.05, 3.63) is 35.9 Å². The molecule has 1 fully saturated rings. The first kappa shape index (κ1) is 16.4. The molecule has 1 aliphatic heterocycles. The highest BCUT2D eigenvalue weighted by Gasteiger charge is 2.17. The van der Waals surface area contributed by atoms with E-state index in [9.17, 15) is 4.79 Å². The maximum absolute atomic E-state index is 12.3. The summed E-state index contributed by atoms with van der Waals surface area (Å²) < 4.78 is 0. The van der Waals surface area contributed by atoms with Gasteiger partial charge >= 0.3 is 0 Å². The van der Waals surface area contributed by atoms with Gasteiger partial charge in [-0.3, -0.25) is 10.2 Å². The molecule has 1 amide bonds. The Morgan fingerprint density at radius 3 is 2.50 bits per heavy atom. The van der Waals surface area contributed by atoms with Crippen molar-refractivity contribution in [2.24, 2.45) is 10.8 Å². The van der Waals surface area contributed by atoms with E-state index in [1.807, 2.05) is 35.2 Å². The zero-order valence-electron chi connectivity index (χ0n) is 12.6. The van der Waals surface area contributed by atoms with Gasteiger partial charge in [0.05, 0.1) is 5.71 Å². The Hall–Kier alpha value is -1.95. The van der Waals surface area contributed by atoms with Crippen LogP contribution in [-0.4, -0.2) is 34.7 Å². The summed E-state index contributed by atoms with van der Waals surface area (Å²) in [6.07, 6.45) is 4.45. The summed E-state index contributed by atoms with van der Waals surface area (Å²) in [4.78, 5) is 14.2. The third-order valence-corrected chi connectivity index (χ3v) is 3.78. The number of hydrogen-bond donors (Lipinski definition) is 2. The summed E-state index contributed by atoms with van der Waals surface area (Å²) in [6.45, 7) is 1.75. The number of hydrogen-bond acceptors (Lipinski definition) is 3. The van der Waals surface area contributed by atoms with Gasteiger partial charge in [-0.15, -0.1) is 0 Å². The van der Waals surface area contributed by atoms with Crippen molar-refractivity contribution in [1.29, 1.82) is 0 Å². The third kappa shape index (κ3) is 5.11. The largest absolute Gasteiger partial charge is 0.375 e. The highest BCUT2D eigenvalue weighted by Crippen LogP contribution is 2.12. The number of rotatable bonds is 5. The molecule has 0 radical (unpaired) electrons. The normalized spacial score (nSPS) is 15.5. The van der Waals surface area contributed by atoms with Gasteiger partial charge in [0.2, 0.25) is 5.91 Å². The molecule has 0 aliphatic carbocycles. The molecule has 1 aromatic carbocycles. The fourth-order valence-electron chi connectivity index (χ4n) is 2.54. The van der Waals surface area contributed by atoms with Crippen LogP contribution in [0.2, 0.25) is 0 Å². The van der Waals surface area contributed by atoms with Gasteiger partial charge in [-0.25, -0.2) is 0 Å². The van der Waals surface area contributed by atoms with Crippen LogP contribution in [0.3, 0.4) is 0 Å². The summed E-state index contributed by atoms with van der Waals surface area (Å²) >= 11 is 4.79. The molecule has 3 N–H and O–H groups in total. The Kier molecular flexibility index (Phi) is 6.33. The molecule has 6 heteroatoms. The first-order valence-electron chi connectivity index (χ1n) is 7.62. The lowest BCUT2D eigenvalue weighted by Gasteiger charge is -2.26. The van der Waals surface area contributed by atoms with Crippen molar-refractivity contribution in [2.75, 3.05) is 13.1 Å². The van der Waals surface area contributed by atoms with Crippen LogP contribution in [0.15, 0.2) is 35.4 Å². The van der Waals surface area contributed by atoms with E-state index in [0.29, 0.717) is 12.8 Å². The number of nitrogens with one attached hydrogen (secondary N) is 1. The number of carbonyl (C=O) groups is 1. The lowest BCUT2D eigenvalue weighted by Crippen LogP contribution is -2.35. The van der Waals surface area contributed by atoms with E-state index >= 15 is 0 Å². The van der Waals surface area contributed by atoms with Crippen molar-refractivity contribution < 1.29 is 4.79 Å². The number of thiocarbonyl (C=S) groups is 1. The van der Waals surface area contributed by atoms with E-state index in [-0.39, 0.29) is 11.0 Å². The minimum atomic E-state index is 0.121. The topological polar surface area (TPSA) is 70.7 Å². The molecule has 1 heterocycles. The number of carbonyl (C=O) groups excluding carboxylic acids is 1. The first-order valence-corrected chi connectivity index (χ1v) is 8.03. The van der Waals surface area contributed by atoms with Gasteiger partial charge in [0.1, 0.15) is 0 Å². The van der Waals surface area contributed by atoms with E-state index in [2.05, 4.69) is 10.5 Å². The van der Waals surface area contributed by atoms with Crippen molar-refractivity contribution in [1.82, 2.24) is 10.3 Å². The Morgan fingerprint density at radius 1 is 1.18 bits per heavy atom. The second-order valence-corrected chi connectivity index (χ2v) is 5.78. The molecular formula is C16H22N4OS. The second kappa shape index (κ2) is 8.48. The molecule has 118 valence electrons. The third-order valence-electron chi connectivity index (χ3n) is 3.69. The van der Waals surface area contributed by atoms with E-state index in [1.54, 1.807) is 0 Å². The van der Waals surface area contributed by atoms with Gasteiger partial charge in [-0.2, -0.15) is 5.10 Å². The van der Waals surface area contributed by atoms with Crippen molar-refractivity contribution in [3.8, 4) is 0 Å². The lowest BCUT2D eigenvalue weighted by molar-refractivity contribution is -0.131. The summed E-state index contributed by atoms with van der Waals surface area (Å²) in [5.41, 5.74) is 9.81. The average molecular weight is 318 g/mol. The first-order chi connectivity index (χ1) is 10.7. The zero-order valence-corrected chi connectivity index (χ0v) is 13.4. The van der Waals surface area contributed by atoms with Gasteiger partial charge in [0, 0.05) is 25.9 Å². The number of nitrogens with two attached hydrogens (primary N) is 1. The fraction of sp³-hybridized carbons (Fsp3) is 0.438. The van der Waals surface area contributed by atoms with Crippen LogP contribution in [-0.2, 0) is 4.79 Å². The van der Waals surface area contributed by atoms with E-state index in [4.69, 9.17) is 18.0 Å². The molecule has 1 aliphatic rings. The molecule has 0 aromatic heterocycles. The predicted octanol–water partition coefficient (Wildman–Crippen LogP) is 2.02. The average Bonchev–Trinajstić information content (AvgIpc) is 2.56. The summed E-state index contributed by atoms with van der Waals surface area (Å²) in [6, 6.07) is 9.76. The Labute approximate surface area is 136 Å². The monoisotopic (exact) mass is 318 g/mol. The molecule has 2 rings (SSSR count). The van der Waals surface area contributed by atoms with Crippen LogP contribution >= 0.6 is 12.2 Å². The quantitative estimate of drug-likeness (QED) is 0.495. The van der Waals surface area contributed by atoms with Crippen LogP contribution in [0.5, 0.6) is 0 Å². The van der Waals surface area contributed by atoms with E-state index in [0.717, 1.165) is 37.2 Å². The Morgan fingerprint density at radius 2 is 1.86 bits per heavy atom. The van der Waals surface area contributed by atoms with E-state index in [1.165, 1.54) is 6.42 Å². The minimum absolute atomic E-state index is 0.121. The van der Waals surface area contributed by atoms with Crippen LogP contribution in [0, 0.1) is 0 Å². The van der Waals surface area contributed by atoms with Gasteiger partial charge in [0.15, 0.2) is 5.11 Å². The summed E-state index contributed by atoms with van der Waals surface area (Å²) in [7, 11) is 0. The van der Waals surface area contributed by atoms with Crippen molar-refractivity contribution >= 4 is 28.9 Å². The number of amides is 1. The molecule has 0 saturated carbocycles. The fourth-order valence-corrected chi connectivity index (χ4v) is 2.59. The molecular weight excluding hydrogens is 296 g/mol. The maximum atomic E-state index is 12.3. The molecule has 1 saturated heterocycles. The number of piperidine rings is 1. The Bertz CT molecular complexity index is 538. The Balaban J connectivity index is 1.99. The SMILES string of the molecule is NC(=S)N/N=C(\CCC(=O)N1CCCCC1)c1ccccc1. The minimum Gasteiger partial charge on any atom is -0.375 e. The standard InChI is InChI=1S/C16H22N4OS/c17-16(22)19-18-14(13-7-3-1-4-8-13)9-10-15(21)20-11-5-2-6-12-20/h1,3-4,7-8H,2,5-6,9-12H2,(H3,17,19,22)/b18-14+. The lowest BCUT2D eigenvalue weighted by atomic mass is 10.0. The van der Waals surface area contributed by atoms with Gasteiger partial charge in [-0.05, 0) is 37.0 Å². The van der Waals surface area contributed by atoms with Gasteiger partial charge in [0.25, 0.3) is 0 Å². The molecule has 1 aromatic rings. The highest BCUT2D eigenvalue weighted by atomic mass is 32.1. The number of nitrogens with zero attached hydrogens (tertiary/aromatic N) is 2. The number of likely N-dealkylation sites (tertiary alicyclic amines) is 1. The highest BCUT2D eigenvalue weighted by molar-refractivity contribution is 7.80. The van der Waals surface area contributed by atoms with Gasteiger partial charge in [-0.1, -0.05) is 30.3 Å². The second-order valence-electron chi connectivity index (χ2n) is 5.34. The summed E-state index contributed by atoms with van der Waals surface area (Å²) in [5, 5.41) is 4.36. The molecule has 0 atom stereocenters. The molecule has 0 spiro atoms. The maximum Gasteiger partial charge on any atom is 0.222 e. The molecule has 0 unspecified atom stereocenters.